The summed E-state index contributed by atoms with van der Waals surface area (Å²) in [5, 5.41) is 8.64. The van der Waals surface area contributed by atoms with Crippen LogP contribution in [0.1, 0.15) is 18.2 Å². The van der Waals surface area contributed by atoms with Gasteiger partial charge in [0, 0.05) is 0 Å². The van der Waals surface area contributed by atoms with Crippen molar-refractivity contribution >= 4 is 0 Å². The molecule has 1 aromatic rings. The molecule has 1 heterocycles. The second-order valence-corrected chi connectivity index (χ2v) is 1.88. The molecule has 0 aliphatic heterocycles. The summed E-state index contributed by atoms with van der Waals surface area (Å²) in [6, 6.07) is 1.88. The maximum Gasteiger partial charge on any atom is 0.132 e. The Kier molecular flexibility index (Phi) is 1.90. The first-order valence-electron chi connectivity index (χ1n) is 3.04. The Labute approximate surface area is 54.1 Å². The predicted molar refractivity (Wildman–Crippen MR) is 34.0 cm³/mol. The van der Waals surface area contributed by atoms with E-state index in [-0.39, 0.29) is 6.61 Å². The smallest absolute Gasteiger partial charge is 0.132 e. The quantitative estimate of drug-likeness (QED) is 0.648. The Morgan fingerprint density at radius 2 is 2.44 bits per heavy atom. The molecule has 50 valence electrons. The average Bonchev–Trinajstić information content (AvgIpc) is 2.33. The highest BCUT2D eigenvalue weighted by atomic mass is 16.4. The van der Waals surface area contributed by atoms with Crippen LogP contribution in [0.25, 0.3) is 0 Å². The summed E-state index contributed by atoms with van der Waals surface area (Å²) < 4.78 is 4.95. The molecule has 0 saturated heterocycles. The fourth-order valence-electron chi connectivity index (χ4n) is 0.821. The van der Waals surface area contributed by atoms with Gasteiger partial charge in [0.15, 0.2) is 0 Å². The number of aliphatic hydroxyl groups excluding tert-OH is 1. The number of aryl methyl sites for hydroxylation is 1. The highest BCUT2D eigenvalue weighted by Gasteiger charge is 1.99. The van der Waals surface area contributed by atoms with Crippen LogP contribution in [-0.4, -0.2) is 5.11 Å². The molecule has 0 amide bonds. The Balaban J connectivity index is 2.85. The Bertz CT molecular complexity index is 160. The number of hydrogen-bond acceptors (Lipinski definition) is 2. The molecule has 0 spiro atoms. The van der Waals surface area contributed by atoms with E-state index < -0.39 is 0 Å². The van der Waals surface area contributed by atoms with Gasteiger partial charge in [-0.05, 0) is 18.1 Å². The normalized spacial score (nSPS) is 10.0. The molecule has 0 unspecified atom stereocenters. The van der Waals surface area contributed by atoms with Crippen molar-refractivity contribution < 1.29 is 9.52 Å². The van der Waals surface area contributed by atoms with Crippen LogP contribution in [-0.2, 0) is 13.0 Å². The maximum atomic E-state index is 8.64. The highest BCUT2D eigenvalue weighted by Crippen LogP contribution is 2.09. The molecule has 1 N–H and O–H groups in total. The fourth-order valence-corrected chi connectivity index (χ4v) is 0.821. The van der Waals surface area contributed by atoms with Gasteiger partial charge in [-0.2, -0.15) is 0 Å². The molecule has 0 aliphatic carbocycles. The van der Waals surface area contributed by atoms with Gasteiger partial charge in [0.25, 0.3) is 0 Å². The molecule has 0 saturated carbocycles. The van der Waals surface area contributed by atoms with Crippen LogP contribution in [0.5, 0.6) is 0 Å². The molecule has 1 rings (SSSR count). The van der Waals surface area contributed by atoms with Crippen molar-refractivity contribution in [2.24, 2.45) is 0 Å². The first kappa shape index (κ1) is 6.36. The SMILES string of the molecule is CCc1ccoc1CO. The minimum absolute atomic E-state index is 0.0101. The van der Waals surface area contributed by atoms with Crippen LogP contribution < -0.4 is 0 Å². The molecular weight excluding hydrogens is 116 g/mol. The summed E-state index contributed by atoms with van der Waals surface area (Å²) in [5.41, 5.74) is 1.09. The molecule has 0 fully saturated rings. The van der Waals surface area contributed by atoms with E-state index in [4.69, 9.17) is 9.52 Å². The van der Waals surface area contributed by atoms with Gasteiger partial charge in [0.05, 0.1) is 6.26 Å². The summed E-state index contributed by atoms with van der Waals surface area (Å²) in [4.78, 5) is 0. The molecule has 0 radical (unpaired) electrons. The number of rotatable bonds is 2. The van der Waals surface area contributed by atoms with Gasteiger partial charge in [-0.3, -0.25) is 0 Å². The number of hydrogen-bond donors (Lipinski definition) is 1. The fraction of sp³-hybridized carbons (Fsp3) is 0.429. The van der Waals surface area contributed by atoms with Crippen molar-refractivity contribution in [3.8, 4) is 0 Å². The molecule has 0 atom stereocenters. The summed E-state index contributed by atoms with van der Waals surface area (Å²) >= 11 is 0. The van der Waals surface area contributed by atoms with E-state index >= 15 is 0 Å². The minimum Gasteiger partial charge on any atom is -0.467 e. The highest BCUT2D eigenvalue weighted by molar-refractivity contribution is 5.15. The summed E-state index contributed by atoms with van der Waals surface area (Å²) in [6.07, 6.45) is 2.52. The molecule has 1 aromatic heterocycles. The van der Waals surface area contributed by atoms with Gasteiger partial charge in [-0.15, -0.1) is 0 Å². The van der Waals surface area contributed by atoms with E-state index in [0.717, 1.165) is 12.0 Å². The topological polar surface area (TPSA) is 33.4 Å². The van der Waals surface area contributed by atoms with Crippen LogP contribution in [0, 0.1) is 0 Å². The first-order chi connectivity index (χ1) is 4.38. The van der Waals surface area contributed by atoms with Crippen molar-refractivity contribution in [2.75, 3.05) is 0 Å². The standard InChI is InChI=1S/C7H10O2/c1-2-6-3-4-9-7(6)5-8/h3-4,8H,2,5H2,1H3. The van der Waals surface area contributed by atoms with Crippen LogP contribution >= 0.6 is 0 Å². The van der Waals surface area contributed by atoms with Crippen molar-refractivity contribution in [3.63, 3.8) is 0 Å². The molecule has 9 heavy (non-hydrogen) atoms. The van der Waals surface area contributed by atoms with Crippen LogP contribution in [0.4, 0.5) is 0 Å². The van der Waals surface area contributed by atoms with Gasteiger partial charge in [-0.25, -0.2) is 0 Å². The van der Waals surface area contributed by atoms with Gasteiger partial charge in [-0.1, -0.05) is 6.92 Å². The lowest BCUT2D eigenvalue weighted by molar-refractivity contribution is 0.245. The Hall–Kier alpha value is -0.760. The average molecular weight is 126 g/mol. The van der Waals surface area contributed by atoms with Gasteiger partial charge in [0.2, 0.25) is 0 Å². The number of aliphatic hydroxyl groups is 1. The largest absolute Gasteiger partial charge is 0.467 e. The van der Waals surface area contributed by atoms with E-state index in [1.807, 2.05) is 13.0 Å². The van der Waals surface area contributed by atoms with Gasteiger partial charge < -0.3 is 9.52 Å². The second kappa shape index (κ2) is 2.69. The van der Waals surface area contributed by atoms with Crippen LogP contribution in [0.15, 0.2) is 16.7 Å². The van der Waals surface area contributed by atoms with E-state index in [1.165, 1.54) is 0 Å². The molecule has 2 nitrogen and oxygen atoms in total. The molecule has 2 heteroatoms. The zero-order chi connectivity index (χ0) is 6.69. The van der Waals surface area contributed by atoms with Gasteiger partial charge >= 0.3 is 0 Å². The van der Waals surface area contributed by atoms with E-state index in [1.54, 1.807) is 6.26 Å². The summed E-state index contributed by atoms with van der Waals surface area (Å²) in [6.45, 7) is 2.04. The second-order valence-electron chi connectivity index (χ2n) is 1.88. The Morgan fingerprint density at radius 1 is 1.67 bits per heavy atom. The van der Waals surface area contributed by atoms with Crippen LogP contribution in [0.3, 0.4) is 0 Å². The molecule has 0 bridgehead atoms. The lowest BCUT2D eigenvalue weighted by atomic mass is 10.2. The van der Waals surface area contributed by atoms with E-state index in [0.29, 0.717) is 5.76 Å². The zero-order valence-corrected chi connectivity index (χ0v) is 5.42. The van der Waals surface area contributed by atoms with Crippen LogP contribution in [0.2, 0.25) is 0 Å². The lowest BCUT2D eigenvalue weighted by Crippen LogP contribution is -1.84. The third-order valence-corrected chi connectivity index (χ3v) is 1.36. The predicted octanol–water partition coefficient (Wildman–Crippen LogP) is 1.33. The van der Waals surface area contributed by atoms with Crippen molar-refractivity contribution in [1.29, 1.82) is 0 Å². The molecular formula is C7H10O2. The van der Waals surface area contributed by atoms with Crippen molar-refractivity contribution in [3.05, 3.63) is 23.7 Å². The van der Waals surface area contributed by atoms with Gasteiger partial charge in [0.1, 0.15) is 12.4 Å². The summed E-state index contributed by atoms with van der Waals surface area (Å²) in [5.74, 6) is 0.692. The Morgan fingerprint density at radius 3 is 2.89 bits per heavy atom. The van der Waals surface area contributed by atoms with Crippen molar-refractivity contribution in [1.82, 2.24) is 0 Å². The molecule has 0 aliphatic rings. The monoisotopic (exact) mass is 126 g/mol. The third-order valence-electron chi connectivity index (χ3n) is 1.36. The minimum atomic E-state index is 0.0101. The first-order valence-corrected chi connectivity index (χ1v) is 3.04. The molecule has 0 aromatic carbocycles. The maximum absolute atomic E-state index is 8.64. The lowest BCUT2D eigenvalue weighted by Gasteiger charge is -1.91. The third kappa shape index (κ3) is 1.13. The van der Waals surface area contributed by atoms with E-state index in [2.05, 4.69) is 0 Å². The van der Waals surface area contributed by atoms with E-state index in [9.17, 15) is 0 Å². The van der Waals surface area contributed by atoms with Crippen molar-refractivity contribution in [2.45, 2.75) is 20.0 Å². The zero-order valence-electron chi connectivity index (χ0n) is 5.42. The summed E-state index contributed by atoms with van der Waals surface area (Å²) in [7, 11) is 0. The number of furan rings is 1.